The second-order valence-electron chi connectivity index (χ2n) is 6.92. The van der Waals surface area contributed by atoms with Gasteiger partial charge in [0.2, 0.25) is 0 Å². The third-order valence-electron chi connectivity index (χ3n) is 4.74. The SMILES string of the molecule is CCNC(=NCc1cccc([N+](=O)[O-])c1)N1CCC(Cc2cnn(C)c2)C1.I. The van der Waals surface area contributed by atoms with E-state index in [0.717, 1.165) is 44.0 Å². The van der Waals surface area contributed by atoms with Gasteiger partial charge in [-0.3, -0.25) is 14.8 Å². The first-order chi connectivity index (χ1) is 13.0. The number of likely N-dealkylation sites (tertiary alicyclic amines) is 1. The first-order valence-corrected chi connectivity index (χ1v) is 9.29. The van der Waals surface area contributed by atoms with Crippen molar-refractivity contribution in [2.75, 3.05) is 19.6 Å². The quantitative estimate of drug-likeness (QED) is 0.218. The molecule has 1 fully saturated rings. The van der Waals surface area contributed by atoms with E-state index >= 15 is 0 Å². The smallest absolute Gasteiger partial charge is 0.269 e. The van der Waals surface area contributed by atoms with Crippen molar-refractivity contribution < 1.29 is 4.92 Å². The van der Waals surface area contributed by atoms with E-state index < -0.39 is 0 Å². The van der Waals surface area contributed by atoms with Gasteiger partial charge in [-0.25, -0.2) is 4.99 Å². The van der Waals surface area contributed by atoms with E-state index in [1.54, 1.807) is 12.1 Å². The fourth-order valence-corrected chi connectivity index (χ4v) is 3.46. The number of nitrogens with one attached hydrogen (secondary N) is 1. The van der Waals surface area contributed by atoms with Crippen molar-refractivity contribution >= 4 is 35.6 Å². The monoisotopic (exact) mass is 498 g/mol. The minimum Gasteiger partial charge on any atom is -0.357 e. The summed E-state index contributed by atoms with van der Waals surface area (Å²) in [7, 11) is 1.94. The van der Waals surface area contributed by atoms with Gasteiger partial charge in [-0.1, -0.05) is 12.1 Å². The minimum atomic E-state index is -0.373. The Bertz CT molecular complexity index is 822. The van der Waals surface area contributed by atoms with Crippen LogP contribution in [-0.4, -0.2) is 45.2 Å². The van der Waals surface area contributed by atoms with Gasteiger partial charge < -0.3 is 10.2 Å². The standard InChI is InChI=1S/C19H26N6O2.HI/c1-3-20-19(21-11-15-5-4-6-18(10-15)25(26)27)24-8-7-16(14-24)9-17-12-22-23(2)13-17;/h4-6,10,12-13,16H,3,7-9,11,14H2,1-2H3,(H,20,21);1H. The van der Waals surface area contributed by atoms with E-state index in [2.05, 4.69) is 21.5 Å². The number of nitro benzene ring substituents is 1. The molecule has 1 aliphatic heterocycles. The maximum Gasteiger partial charge on any atom is 0.269 e. The van der Waals surface area contributed by atoms with Crippen LogP contribution in [-0.2, 0) is 20.0 Å². The van der Waals surface area contributed by atoms with E-state index in [1.165, 1.54) is 11.6 Å². The molecule has 28 heavy (non-hydrogen) atoms. The van der Waals surface area contributed by atoms with E-state index in [0.29, 0.717) is 12.5 Å². The number of aryl methyl sites for hydroxylation is 1. The fourth-order valence-electron chi connectivity index (χ4n) is 3.46. The Morgan fingerprint density at radius 2 is 2.25 bits per heavy atom. The van der Waals surface area contributed by atoms with Crippen LogP contribution >= 0.6 is 24.0 Å². The van der Waals surface area contributed by atoms with Crippen LogP contribution in [0.1, 0.15) is 24.5 Å². The third-order valence-corrected chi connectivity index (χ3v) is 4.74. The van der Waals surface area contributed by atoms with Crippen LogP contribution in [0.3, 0.4) is 0 Å². The molecule has 1 atom stereocenters. The summed E-state index contributed by atoms with van der Waals surface area (Å²) in [5.74, 6) is 1.45. The van der Waals surface area contributed by atoms with Crippen LogP contribution in [0.4, 0.5) is 5.69 Å². The number of nitro groups is 1. The van der Waals surface area contributed by atoms with E-state index in [9.17, 15) is 10.1 Å². The predicted octanol–water partition coefficient (Wildman–Crippen LogP) is 2.98. The van der Waals surface area contributed by atoms with Gasteiger partial charge in [0.15, 0.2) is 5.96 Å². The Hall–Kier alpha value is -2.17. The first kappa shape index (κ1) is 22.1. The van der Waals surface area contributed by atoms with Crippen LogP contribution in [0.15, 0.2) is 41.7 Å². The number of benzene rings is 1. The van der Waals surface area contributed by atoms with Gasteiger partial charge >= 0.3 is 0 Å². The zero-order valence-corrected chi connectivity index (χ0v) is 18.6. The first-order valence-electron chi connectivity index (χ1n) is 9.29. The van der Waals surface area contributed by atoms with Crippen LogP contribution in [0.25, 0.3) is 0 Å². The molecular weight excluding hydrogens is 471 g/mol. The molecular formula is C19H27IN6O2. The molecule has 0 spiro atoms. The lowest BCUT2D eigenvalue weighted by Crippen LogP contribution is -2.40. The van der Waals surface area contributed by atoms with Gasteiger partial charge in [-0.15, -0.1) is 24.0 Å². The topological polar surface area (TPSA) is 88.6 Å². The summed E-state index contributed by atoms with van der Waals surface area (Å²) in [6, 6.07) is 6.66. The molecule has 2 heterocycles. The molecule has 2 aromatic rings. The summed E-state index contributed by atoms with van der Waals surface area (Å²) < 4.78 is 1.84. The van der Waals surface area contributed by atoms with E-state index in [4.69, 9.17) is 4.99 Å². The molecule has 152 valence electrons. The van der Waals surface area contributed by atoms with Crippen molar-refractivity contribution in [1.29, 1.82) is 0 Å². The summed E-state index contributed by atoms with van der Waals surface area (Å²) in [4.78, 5) is 17.5. The molecule has 1 unspecified atom stereocenters. The molecule has 0 aliphatic carbocycles. The molecule has 0 bridgehead atoms. The summed E-state index contributed by atoms with van der Waals surface area (Å²) in [6.07, 6.45) is 6.15. The molecule has 1 aliphatic rings. The highest BCUT2D eigenvalue weighted by Crippen LogP contribution is 2.21. The molecule has 1 aromatic carbocycles. The summed E-state index contributed by atoms with van der Waals surface area (Å²) in [5.41, 5.74) is 2.21. The molecule has 3 rings (SSSR count). The number of rotatable bonds is 6. The van der Waals surface area contributed by atoms with Crippen LogP contribution in [0.5, 0.6) is 0 Å². The third kappa shape index (κ3) is 5.91. The molecule has 0 saturated carbocycles. The number of hydrogen-bond acceptors (Lipinski definition) is 4. The van der Waals surface area contributed by atoms with Crippen molar-refractivity contribution in [2.45, 2.75) is 26.3 Å². The Morgan fingerprint density at radius 1 is 1.43 bits per heavy atom. The number of nitrogens with zero attached hydrogens (tertiary/aromatic N) is 5. The van der Waals surface area contributed by atoms with E-state index in [1.807, 2.05) is 30.9 Å². The van der Waals surface area contributed by atoms with Gasteiger partial charge in [-0.05, 0) is 36.8 Å². The summed E-state index contributed by atoms with van der Waals surface area (Å²) >= 11 is 0. The van der Waals surface area contributed by atoms with Gasteiger partial charge in [0.25, 0.3) is 5.69 Å². The molecule has 1 aromatic heterocycles. The zero-order chi connectivity index (χ0) is 19.2. The van der Waals surface area contributed by atoms with Gasteiger partial charge in [-0.2, -0.15) is 5.10 Å². The van der Waals surface area contributed by atoms with Gasteiger partial charge in [0, 0.05) is 45.0 Å². The van der Waals surface area contributed by atoms with Crippen molar-refractivity contribution in [2.24, 2.45) is 18.0 Å². The number of non-ortho nitro benzene ring substituents is 1. The second kappa shape index (κ2) is 10.4. The maximum atomic E-state index is 10.9. The number of aliphatic imine (C=N–C) groups is 1. The van der Waals surface area contributed by atoms with Crippen molar-refractivity contribution in [3.8, 4) is 0 Å². The Labute approximate surface area is 182 Å². The molecule has 0 amide bonds. The molecule has 8 nitrogen and oxygen atoms in total. The number of guanidine groups is 1. The Morgan fingerprint density at radius 3 is 2.93 bits per heavy atom. The van der Waals surface area contributed by atoms with Crippen LogP contribution in [0.2, 0.25) is 0 Å². The predicted molar refractivity (Wildman–Crippen MR) is 120 cm³/mol. The highest BCUT2D eigenvalue weighted by Gasteiger charge is 2.25. The Kier molecular flexibility index (Phi) is 8.21. The van der Waals surface area contributed by atoms with Crippen molar-refractivity contribution in [3.63, 3.8) is 0 Å². The number of halogens is 1. The van der Waals surface area contributed by atoms with Crippen molar-refractivity contribution in [3.05, 3.63) is 57.9 Å². The molecule has 0 radical (unpaired) electrons. The molecule has 9 heteroatoms. The summed E-state index contributed by atoms with van der Waals surface area (Å²) in [6.45, 7) is 5.18. The second-order valence-corrected chi connectivity index (χ2v) is 6.92. The lowest BCUT2D eigenvalue weighted by molar-refractivity contribution is -0.384. The lowest BCUT2D eigenvalue weighted by atomic mass is 10.0. The highest BCUT2D eigenvalue weighted by atomic mass is 127. The maximum absolute atomic E-state index is 10.9. The highest BCUT2D eigenvalue weighted by molar-refractivity contribution is 14.0. The number of aromatic nitrogens is 2. The average molecular weight is 498 g/mol. The molecule has 1 saturated heterocycles. The van der Waals surface area contributed by atoms with Gasteiger partial charge in [0.05, 0.1) is 17.7 Å². The zero-order valence-electron chi connectivity index (χ0n) is 16.2. The van der Waals surface area contributed by atoms with E-state index in [-0.39, 0.29) is 34.6 Å². The fraction of sp³-hybridized carbons (Fsp3) is 0.474. The number of hydrogen-bond donors (Lipinski definition) is 1. The Balaban J connectivity index is 0.00000280. The molecule has 1 N–H and O–H groups in total. The average Bonchev–Trinajstić information content (AvgIpc) is 3.28. The lowest BCUT2D eigenvalue weighted by Gasteiger charge is -2.21. The van der Waals surface area contributed by atoms with Gasteiger partial charge in [0.1, 0.15) is 0 Å². The van der Waals surface area contributed by atoms with Crippen molar-refractivity contribution in [1.82, 2.24) is 20.0 Å². The van der Waals surface area contributed by atoms with Crippen LogP contribution in [0, 0.1) is 16.0 Å². The summed E-state index contributed by atoms with van der Waals surface area (Å²) in [5, 5.41) is 18.5. The minimum absolute atomic E-state index is 0. The normalized spacial score (nSPS) is 16.7. The van der Waals surface area contributed by atoms with Crippen LogP contribution < -0.4 is 5.32 Å². The largest absolute Gasteiger partial charge is 0.357 e.